The summed E-state index contributed by atoms with van der Waals surface area (Å²) in [7, 11) is 0. The lowest BCUT2D eigenvalue weighted by Crippen LogP contribution is -2.42. The first kappa shape index (κ1) is 15.7. The second-order valence-electron chi connectivity index (χ2n) is 4.76. The van der Waals surface area contributed by atoms with Crippen LogP contribution in [0.3, 0.4) is 0 Å². The first-order chi connectivity index (χ1) is 10.2. The third kappa shape index (κ3) is 4.99. The van der Waals surface area contributed by atoms with Crippen molar-refractivity contribution in [3.05, 3.63) is 29.8 Å². The molecule has 1 saturated heterocycles. The average molecular weight is 308 g/mol. The zero-order valence-electron chi connectivity index (χ0n) is 12.1. The molecule has 0 aromatic heterocycles. The number of rotatable bonds is 5. The van der Waals surface area contributed by atoms with Crippen molar-refractivity contribution >= 4 is 23.2 Å². The summed E-state index contributed by atoms with van der Waals surface area (Å²) in [6.45, 7) is 3.89. The van der Waals surface area contributed by atoms with Crippen molar-refractivity contribution in [3.63, 3.8) is 0 Å². The molecule has 0 saturated carbocycles. The maximum absolute atomic E-state index is 12.1. The topological polar surface area (TPSA) is 59.6 Å². The Morgan fingerprint density at radius 3 is 3.10 bits per heavy atom. The summed E-state index contributed by atoms with van der Waals surface area (Å²) in [5, 5.41) is 5.99. The van der Waals surface area contributed by atoms with Gasteiger partial charge in [-0.25, -0.2) is 0 Å². The first-order valence-electron chi connectivity index (χ1n) is 7.12. The van der Waals surface area contributed by atoms with Gasteiger partial charge < -0.3 is 14.8 Å². The number of benzene rings is 1. The summed E-state index contributed by atoms with van der Waals surface area (Å²) in [5.41, 5.74) is 0.516. The number of carbonyl (C=O) groups excluding carboxylic acids is 1. The van der Waals surface area contributed by atoms with Gasteiger partial charge in [0.25, 0.3) is 5.91 Å². The Bertz CT molecular complexity index is 501. The SMILES string of the molecule is CCOc1cccc(C(=O)NC(=S)NCC2CCCO2)c1. The van der Waals surface area contributed by atoms with Crippen LogP contribution >= 0.6 is 12.2 Å². The molecule has 0 spiro atoms. The number of nitrogens with one attached hydrogen (secondary N) is 2. The minimum absolute atomic E-state index is 0.182. The molecule has 0 bridgehead atoms. The van der Waals surface area contributed by atoms with E-state index < -0.39 is 0 Å². The fourth-order valence-corrected chi connectivity index (χ4v) is 2.30. The van der Waals surface area contributed by atoms with E-state index >= 15 is 0 Å². The lowest BCUT2D eigenvalue weighted by molar-refractivity contribution is 0.0972. The fraction of sp³-hybridized carbons (Fsp3) is 0.467. The molecular formula is C15H20N2O3S. The summed E-state index contributed by atoms with van der Waals surface area (Å²) in [6, 6.07) is 7.01. The molecular weight excluding hydrogens is 288 g/mol. The highest BCUT2D eigenvalue weighted by atomic mass is 32.1. The zero-order chi connectivity index (χ0) is 15.1. The maximum Gasteiger partial charge on any atom is 0.257 e. The highest BCUT2D eigenvalue weighted by molar-refractivity contribution is 7.80. The van der Waals surface area contributed by atoms with Gasteiger partial charge in [-0.05, 0) is 50.2 Å². The van der Waals surface area contributed by atoms with E-state index in [1.807, 2.05) is 13.0 Å². The summed E-state index contributed by atoms with van der Waals surface area (Å²) < 4.78 is 10.9. The minimum Gasteiger partial charge on any atom is -0.494 e. The number of hydrogen-bond acceptors (Lipinski definition) is 4. The van der Waals surface area contributed by atoms with Gasteiger partial charge in [0, 0.05) is 18.7 Å². The van der Waals surface area contributed by atoms with Crippen molar-refractivity contribution in [3.8, 4) is 5.75 Å². The number of hydrogen-bond donors (Lipinski definition) is 2. The van der Waals surface area contributed by atoms with Crippen molar-refractivity contribution in [1.82, 2.24) is 10.6 Å². The summed E-state index contributed by atoms with van der Waals surface area (Å²) in [5.74, 6) is 0.421. The highest BCUT2D eigenvalue weighted by Gasteiger charge is 2.16. The van der Waals surface area contributed by atoms with Crippen LogP contribution in [-0.2, 0) is 4.74 Å². The molecule has 1 fully saturated rings. The third-order valence-corrected chi connectivity index (χ3v) is 3.39. The van der Waals surface area contributed by atoms with Crippen LogP contribution in [0.25, 0.3) is 0 Å². The molecule has 1 aromatic rings. The van der Waals surface area contributed by atoms with Gasteiger partial charge in [-0.2, -0.15) is 0 Å². The van der Waals surface area contributed by atoms with Crippen LogP contribution in [0.4, 0.5) is 0 Å². The zero-order valence-corrected chi connectivity index (χ0v) is 12.9. The lowest BCUT2D eigenvalue weighted by Gasteiger charge is -2.13. The number of ether oxygens (including phenoxy) is 2. The molecule has 1 amide bonds. The number of amides is 1. The Morgan fingerprint density at radius 2 is 2.38 bits per heavy atom. The molecule has 0 aliphatic carbocycles. The predicted molar refractivity (Wildman–Crippen MR) is 84.7 cm³/mol. The Labute approximate surface area is 130 Å². The molecule has 6 heteroatoms. The second-order valence-corrected chi connectivity index (χ2v) is 5.17. The minimum atomic E-state index is -0.249. The van der Waals surface area contributed by atoms with E-state index in [1.165, 1.54) is 0 Å². The molecule has 1 aliphatic rings. The highest BCUT2D eigenvalue weighted by Crippen LogP contribution is 2.13. The molecule has 1 unspecified atom stereocenters. The molecule has 1 atom stereocenters. The van der Waals surface area contributed by atoms with Crippen molar-refractivity contribution in [1.29, 1.82) is 0 Å². The van der Waals surface area contributed by atoms with Crippen LogP contribution in [0, 0.1) is 0 Å². The van der Waals surface area contributed by atoms with Gasteiger partial charge in [-0.15, -0.1) is 0 Å². The summed E-state index contributed by atoms with van der Waals surface area (Å²) >= 11 is 5.12. The van der Waals surface area contributed by atoms with E-state index in [0.717, 1.165) is 19.4 Å². The summed E-state index contributed by atoms with van der Waals surface area (Å²) in [6.07, 6.45) is 2.29. The van der Waals surface area contributed by atoms with Gasteiger partial charge in [-0.3, -0.25) is 10.1 Å². The molecule has 5 nitrogen and oxygen atoms in total. The largest absolute Gasteiger partial charge is 0.494 e. The van der Waals surface area contributed by atoms with Crippen molar-refractivity contribution in [2.24, 2.45) is 0 Å². The van der Waals surface area contributed by atoms with Crippen molar-refractivity contribution in [2.45, 2.75) is 25.9 Å². The molecule has 2 rings (SSSR count). The van der Waals surface area contributed by atoms with E-state index in [2.05, 4.69) is 10.6 Å². The van der Waals surface area contributed by atoms with Crippen LogP contribution in [0.1, 0.15) is 30.1 Å². The van der Waals surface area contributed by atoms with Crippen molar-refractivity contribution in [2.75, 3.05) is 19.8 Å². The van der Waals surface area contributed by atoms with Gasteiger partial charge >= 0.3 is 0 Å². The Morgan fingerprint density at radius 1 is 1.52 bits per heavy atom. The number of carbonyl (C=O) groups is 1. The predicted octanol–water partition coefficient (Wildman–Crippen LogP) is 1.87. The Balaban J connectivity index is 1.82. The second kappa shape index (κ2) is 7.95. The molecule has 114 valence electrons. The Hall–Kier alpha value is -1.66. The van der Waals surface area contributed by atoms with Gasteiger partial charge in [0.1, 0.15) is 5.75 Å². The monoisotopic (exact) mass is 308 g/mol. The number of thiocarbonyl (C=S) groups is 1. The van der Waals surface area contributed by atoms with Gasteiger partial charge in [-0.1, -0.05) is 6.07 Å². The third-order valence-electron chi connectivity index (χ3n) is 3.15. The Kier molecular flexibility index (Phi) is 5.95. The van der Waals surface area contributed by atoms with Gasteiger partial charge in [0.2, 0.25) is 0 Å². The van der Waals surface area contributed by atoms with Crippen LogP contribution in [-0.4, -0.2) is 36.9 Å². The van der Waals surface area contributed by atoms with E-state index in [-0.39, 0.29) is 12.0 Å². The maximum atomic E-state index is 12.1. The normalized spacial score (nSPS) is 17.3. The van der Waals surface area contributed by atoms with Crippen LogP contribution in [0.2, 0.25) is 0 Å². The molecule has 2 N–H and O–H groups in total. The smallest absolute Gasteiger partial charge is 0.257 e. The van der Waals surface area contributed by atoms with E-state index in [0.29, 0.717) is 29.6 Å². The van der Waals surface area contributed by atoms with Crippen LogP contribution in [0.5, 0.6) is 5.75 Å². The molecule has 21 heavy (non-hydrogen) atoms. The fourth-order valence-electron chi connectivity index (χ4n) is 2.13. The standard InChI is InChI=1S/C15H20N2O3S/c1-2-19-12-6-3-5-11(9-12)14(18)17-15(21)16-10-13-7-4-8-20-13/h3,5-6,9,13H,2,4,7-8,10H2,1H3,(H2,16,17,18,21). The van der Waals surface area contributed by atoms with Gasteiger partial charge in [0.15, 0.2) is 5.11 Å². The molecule has 1 aromatic carbocycles. The van der Waals surface area contributed by atoms with Crippen molar-refractivity contribution < 1.29 is 14.3 Å². The average Bonchev–Trinajstić information content (AvgIpc) is 2.99. The van der Waals surface area contributed by atoms with Crippen LogP contribution in [0.15, 0.2) is 24.3 Å². The van der Waals surface area contributed by atoms with E-state index in [9.17, 15) is 4.79 Å². The van der Waals surface area contributed by atoms with E-state index in [1.54, 1.807) is 18.2 Å². The molecule has 1 heterocycles. The quantitative estimate of drug-likeness (QED) is 0.813. The van der Waals surface area contributed by atoms with Gasteiger partial charge in [0.05, 0.1) is 12.7 Å². The van der Waals surface area contributed by atoms with E-state index in [4.69, 9.17) is 21.7 Å². The summed E-state index contributed by atoms with van der Waals surface area (Å²) in [4.78, 5) is 12.1. The first-order valence-corrected chi connectivity index (χ1v) is 7.53. The molecule has 0 radical (unpaired) electrons. The van der Waals surface area contributed by atoms with Crippen LogP contribution < -0.4 is 15.4 Å². The lowest BCUT2D eigenvalue weighted by atomic mass is 10.2. The molecule has 1 aliphatic heterocycles.